The molecule has 0 bridgehead atoms. The van der Waals surface area contributed by atoms with E-state index in [1.54, 1.807) is 54.3 Å². The average molecular weight is 424 g/mol. The Bertz CT molecular complexity index is 1000. The van der Waals surface area contributed by atoms with Crippen molar-refractivity contribution in [3.8, 4) is 11.5 Å². The van der Waals surface area contributed by atoms with E-state index in [4.69, 9.17) is 9.47 Å². The molecule has 2 aromatic rings. The van der Waals surface area contributed by atoms with Crippen LogP contribution < -0.4 is 20.1 Å². The summed E-state index contributed by atoms with van der Waals surface area (Å²) in [6.45, 7) is 4.40. The zero-order chi connectivity index (χ0) is 21.8. The lowest BCUT2D eigenvalue weighted by molar-refractivity contribution is -0.130. The SMILES string of the molecule is CC(=O)N1CCN(CC(=O)Nc2ccccc2C(=O)Nc2ccc3c(c2)OCO3)CC1. The van der Waals surface area contributed by atoms with Crippen LogP contribution in [-0.2, 0) is 9.59 Å². The highest BCUT2D eigenvalue weighted by atomic mass is 16.7. The minimum atomic E-state index is -0.343. The minimum Gasteiger partial charge on any atom is -0.454 e. The normalized spacial score (nSPS) is 15.5. The van der Waals surface area contributed by atoms with Gasteiger partial charge in [-0.05, 0) is 24.3 Å². The van der Waals surface area contributed by atoms with Crippen LogP contribution in [0.4, 0.5) is 11.4 Å². The van der Waals surface area contributed by atoms with E-state index >= 15 is 0 Å². The zero-order valence-corrected chi connectivity index (χ0v) is 17.2. The number of para-hydroxylation sites is 1. The molecular formula is C22H24N4O5. The van der Waals surface area contributed by atoms with Crippen LogP contribution in [0.15, 0.2) is 42.5 Å². The maximum atomic E-state index is 12.8. The first-order valence-corrected chi connectivity index (χ1v) is 10.1. The van der Waals surface area contributed by atoms with Gasteiger partial charge in [-0.2, -0.15) is 0 Å². The molecule has 3 amide bonds. The second-order valence-corrected chi connectivity index (χ2v) is 7.40. The van der Waals surface area contributed by atoms with Gasteiger partial charge in [-0.15, -0.1) is 0 Å². The number of amides is 3. The van der Waals surface area contributed by atoms with E-state index in [9.17, 15) is 14.4 Å². The molecule has 162 valence electrons. The van der Waals surface area contributed by atoms with Crippen molar-refractivity contribution in [3.05, 3.63) is 48.0 Å². The first-order valence-electron chi connectivity index (χ1n) is 10.1. The number of carbonyl (C=O) groups excluding carboxylic acids is 3. The number of carbonyl (C=O) groups is 3. The Morgan fingerprint density at radius 1 is 0.935 bits per heavy atom. The first-order chi connectivity index (χ1) is 15.0. The predicted octanol–water partition coefficient (Wildman–Crippen LogP) is 1.77. The van der Waals surface area contributed by atoms with Crippen molar-refractivity contribution in [3.63, 3.8) is 0 Å². The molecule has 31 heavy (non-hydrogen) atoms. The Hall–Kier alpha value is -3.59. The summed E-state index contributed by atoms with van der Waals surface area (Å²) in [5, 5.41) is 5.66. The monoisotopic (exact) mass is 424 g/mol. The van der Waals surface area contributed by atoms with Crippen molar-refractivity contribution in [2.45, 2.75) is 6.92 Å². The van der Waals surface area contributed by atoms with Crippen LogP contribution >= 0.6 is 0 Å². The summed E-state index contributed by atoms with van der Waals surface area (Å²) >= 11 is 0. The highest BCUT2D eigenvalue weighted by Crippen LogP contribution is 2.34. The van der Waals surface area contributed by atoms with Crippen molar-refractivity contribution in [1.82, 2.24) is 9.80 Å². The van der Waals surface area contributed by atoms with Gasteiger partial charge in [0.1, 0.15) is 0 Å². The molecule has 1 fully saturated rings. The van der Waals surface area contributed by atoms with Gasteiger partial charge < -0.3 is 25.0 Å². The second-order valence-electron chi connectivity index (χ2n) is 7.40. The molecule has 2 aliphatic heterocycles. The molecule has 0 aliphatic carbocycles. The molecular weight excluding hydrogens is 400 g/mol. The second kappa shape index (κ2) is 9.05. The number of fused-ring (bicyclic) bond motifs is 1. The molecule has 0 spiro atoms. The molecule has 0 saturated carbocycles. The Morgan fingerprint density at radius 2 is 1.68 bits per heavy atom. The minimum absolute atomic E-state index is 0.0477. The van der Waals surface area contributed by atoms with Gasteiger partial charge in [0.25, 0.3) is 5.91 Å². The lowest BCUT2D eigenvalue weighted by Gasteiger charge is -2.33. The molecule has 9 heteroatoms. The van der Waals surface area contributed by atoms with Crippen molar-refractivity contribution in [2.24, 2.45) is 0 Å². The molecule has 9 nitrogen and oxygen atoms in total. The fraction of sp³-hybridized carbons (Fsp3) is 0.318. The van der Waals surface area contributed by atoms with E-state index in [1.807, 2.05) is 4.90 Å². The Kier molecular flexibility index (Phi) is 6.03. The summed E-state index contributed by atoms with van der Waals surface area (Å²) < 4.78 is 10.6. The molecule has 0 atom stereocenters. The van der Waals surface area contributed by atoms with E-state index in [2.05, 4.69) is 10.6 Å². The summed E-state index contributed by atoms with van der Waals surface area (Å²) in [5.74, 6) is 0.704. The Balaban J connectivity index is 1.37. The number of benzene rings is 2. The van der Waals surface area contributed by atoms with Gasteiger partial charge in [0.15, 0.2) is 11.5 Å². The van der Waals surface area contributed by atoms with E-state index in [-0.39, 0.29) is 31.1 Å². The molecule has 4 rings (SSSR count). The average Bonchev–Trinajstić information content (AvgIpc) is 3.22. The van der Waals surface area contributed by atoms with Gasteiger partial charge in [0.05, 0.1) is 17.8 Å². The van der Waals surface area contributed by atoms with Crippen LogP contribution in [0.3, 0.4) is 0 Å². The van der Waals surface area contributed by atoms with Crippen molar-refractivity contribution < 1.29 is 23.9 Å². The number of rotatable bonds is 5. The molecule has 2 aromatic carbocycles. The van der Waals surface area contributed by atoms with Crippen LogP contribution in [0.5, 0.6) is 11.5 Å². The smallest absolute Gasteiger partial charge is 0.257 e. The number of piperazine rings is 1. The van der Waals surface area contributed by atoms with Crippen LogP contribution in [0.25, 0.3) is 0 Å². The van der Waals surface area contributed by atoms with Crippen LogP contribution in [-0.4, -0.2) is 67.0 Å². The van der Waals surface area contributed by atoms with Gasteiger partial charge >= 0.3 is 0 Å². The fourth-order valence-corrected chi connectivity index (χ4v) is 3.58. The molecule has 2 aliphatic rings. The van der Waals surface area contributed by atoms with Gasteiger partial charge in [-0.1, -0.05) is 12.1 Å². The number of hydrogen-bond acceptors (Lipinski definition) is 6. The zero-order valence-electron chi connectivity index (χ0n) is 17.2. The largest absolute Gasteiger partial charge is 0.454 e. The molecule has 0 unspecified atom stereocenters. The van der Waals surface area contributed by atoms with Gasteiger partial charge in [0.2, 0.25) is 18.6 Å². The van der Waals surface area contributed by atoms with Crippen molar-refractivity contribution in [2.75, 3.05) is 50.2 Å². The molecule has 1 saturated heterocycles. The standard InChI is InChI=1S/C22H24N4O5/c1-15(27)26-10-8-25(9-11-26)13-21(28)24-18-5-3-2-4-17(18)22(29)23-16-6-7-19-20(12-16)31-14-30-19/h2-7,12H,8-11,13-14H2,1H3,(H,23,29)(H,24,28). The summed E-state index contributed by atoms with van der Waals surface area (Å²) in [6.07, 6.45) is 0. The maximum absolute atomic E-state index is 12.8. The summed E-state index contributed by atoms with van der Waals surface area (Å²) in [6, 6.07) is 12.0. The van der Waals surface area contributed by atoms with E-state index in [0.717, 1.165) is 0 Å². The number of nitrogens with zero attached hydrogens (tertiary/aromatic N) is 2. The van der Waals surface area contributed by atoms with E-state index in [0.29, 0.717) is 54.6 Å². The lowest BCUT2D eigenvalue weighted by Crippen LogP contribution is -2.49. The maximum Gasteiger partial charge on any atom is 0.257 e. The third-order valence-corrected chi connectivity index (χ3v) is 5.26. The van der Waals surface area contributed by atoms with Crippen molar-refractivity contribution in [1.29, 1.82) is 0 Å². The quantitative estimate of drug-likeness (QED) is 0.759. The van der Waals surface area contributed by atoms with E-state index in [1.165, 1.54) is 0 Å². The van der Waals surface area contributed by atoms with Gasteiger partial charge in [-0.25, -0.2) is 0 Å². The third kappa shape index (κ3) is 4.95. The number of ether oxygens (including phenoxy) is 2. The van der Waals surface area contributed by atoms with Gasteiger partial charge in [0, 0.05) is 44.9 Å². The highest BCUT2D eigenvalue weighted by Gasteiger charge is 2.21. The molecule has 2 N–H and O–H groups in total. The number of anilines is 2. The molecule has 0 radical (unpaired) electrons. The molecule has 0 aromatic heterocycles. The van der Waals surface area contributed by atoms with E-state index < -0.39 is 0 Å². The van der Waals surface area contributed by atoms with Crippen LogP contribution in [0.2, 0.25) is 0 Å². The lowest BCUT2D eigenvalue weighted by atomic mass is 10.1. The third-order valence-electron chi connectivity index (χ3n) is 5.26. The first kappa shape index (κ1) is 20.7. The molecule has 2 heterocycles. The predicted molar refractivity (Wildman–Crippen MR) is 114 cm³/mol. The number of nitrogens with one attached hydrogen (secondary N) is 2. The highest BCUT2D eigenvalue weighted by molar-refractivity contribution is 6.10. The number of hydrogen-bond donors (Lipinski definition) is 2. The van der Waals surface area contributed by atoms with Crippen LogP contribution in [0.1, 0.15) is 17.3 Å². The summed E-state index contributed by atoms with van der Waals surface area (Å²) in [5.41, 5.74) is 1.36. The fourth-order valence-electron chi connectivity index (χ4n) is 3.58. The van der Waals surface area contributed by atoms with Gasteiger partial charge in [-0.3, -0.25) is 19.3 Å². The topological polar surface area (TPSA) is 100 Å². The summed E-state index contributed by atoms with van der Waals surface area (Å²) in [4.78, 5) is 40.6. The Morgan fingerprint density at radius 3 is 2.45 bits per heavy atom. The summed E-state index contributed by atoms with van der Waals surface area (Å²) in [7, 11) is 0. The van der Waals surface area contributed by atoms with Crippen molar-refractivity contribution >= 4 is 29.1 Å². The van der Waals surface area contributed by atoms with Crippen LogP contribution in [0, 0.1) is 0 Å². The Labute approximate surface area is 179 Å².